The van der Waals surface area contributed by atoms with E-state index in [9.17, 15) is 14.3 Å². The van der Waals surface area contributed by atoms with Gasteiger partial charge in [-0.15, -0.1) is 0 Å². The molecule has 0 saturated carbocycles. The highest BCUT2D eigenvalue weighted by molar-refractivity contribution is 9.10. The molecule has 2 atom stereocenters. The van der Waals surface area contributed by atoms with Crippen molar-refractivity contribution in [1.82, 2.24) is 20.6 Å². The van der Waals surface area contributed by atoms with Gasteiger partial charge in [-0.25, -0.2) is 14.2 Å². The van der Waals surface area contributed by atoms with Crippen molar-refractivity contribution in [3.63, 3.8) is 0 Å². The topological polar surface area (TPSA) is 106 Å². The predicted molar refractivity (Wildman–Crippen MR) is 131 cm³/mol. The SMILES string of the molecule is CSc1nc(O)c2c(OC[C@@H]3C[C@@H](NC(=O)OCc4ccccc4)CN3)c(Cl)c(Br)c(F)c2n1. The summed E-state index contributed by atoms with van der Waals surface area (Å²) in [6, 6.07) is 9.14. The standard InChI is InChI=1S/C22H21BrClFN4O4S/c1-34-21-28-18-14(20(30)29-21)19(16(24)15(23)17(18)25)32-10-13-7-12(8-26-13)27-22(31)33-9-11-5-3-2-4-6-11/h2-6,12-13,26H,7-10H2,1H3,(H,27,31)(H,28,29,30)/t12-,13+/m1/s1. The highest BCUT2D eigenvalue weighted by atomic mass is 79.9. The summed E-state index contributed by atoms with van der Waals surface area (Å²) >= 11 is 10.6. The lowest BCUT2D eigenvalue weighted by molar-refractivity contribution is 0.136. The number of hydrogen-bond donors (Lipinski definition) is 3. The second kappa shape index (κ2) is 10.9. The van der Waals surface area contributed by atoms with E-state index < -0.39 is 17.8 Å². The Balaban J connectivity index is 1.38. The molecule has 34 heavy (non-hydrogen) atoms. The van der Waals surface area contributed by atoms with Crippen LogP contribution < -0.4 is 15.4 Å². The maximum atomic E-state index is 14.8. The first-order valence-electron chi connectivity index (χ1n) is 10.3. The van der Waals surface area contributed by atoms with E-state index in [4.69, 9.17) is 21.1 Å². The normalized spacial score (nSPS) is 17.6. The molecule has 1 amide bonds. The van der Waals surface area contributed by atoms with Crippen molar-refractivity contribution in [3.05, 3.63) is 51.2 Å². The Kier molecular flexibility index (Phi) is 7.97. The summed E-state index contributed by atoms with van der Waals surface area (Å²) in [5, 5.41) is 16.7. The minimum atomic E-state index is -0.711. The van der Waals surface area contributed by atoms with E-state index in [2.05, 4.69) is 36.5 Å². The maximum Gasteiger partial charge on any atom is 0.407 e. The lowest BCUT2D eigenvalue weighted by atomic mass is 10.2. The summed E-state index contributed by atoms with van der Waals surface area (Å²) in [5.41, 5.74) is 0.808. The van der Waals surface area contributed by atoms with Crippen LogP contribution >= 0.6 is 39.3 Å². The molecule has 3 N–H and O–H groups in total. The zero-order chi connectivity index (χ0) is 24.2. The Labute approximate surface area is 212 Å². The van der Waals surface area contributed by atoms with Gasteiger partial charge in [-0.1, -0.05) is 53.7 Å². The molecule has 3 aromatic rings. The monoisotopic (exact) mass is 570 g/mol. The number of rotatable bonds is 7. The van der Waals surface area contributed by atoms with Crippen LogP contribution in [0.15, 0.2) is 40.0 Å². The number of amides is 1. The van der Waals surface area contributed by atoms with Crippen LogP contribution in [0.4, 0.5) is 9.18 Å². The summed E-state index contributed by atoms with van der Waals surface area (Å²) in [5.74, 6) is -1.05. The lowest BCUT2D eigenvalue weighted by Crippen LogP contribution is -2.36. The third-order valence-electron chi connectivity index (χ3n) is 5.26. The van der Waals surface area contributed by atoms with Gasteiger partial charge in [-0.2, -0.15) is 4.98 Å². The van der Waals surface area contributed by atoms with Crippen molar-refractivity contribution >= 4 is 56.3 Å². The Bertz CT molecular complexity index is 1210. The van der Waals surface area contributed by atoms with Crippen molar-refractivity contribution in [2.45, 2.75) is 30.3 Å². The summed E-state index contributed by atoms with van der Waals surface area (Å²) in [6.45, 7) is 0.879. The number of carbonyl (C=O) groups excluding carboxylic acids is 1. The van der Waals surface area contributed by atoms with Crippen molar-refractivity contribution in [3.8, 4) is 11.6 Å². The van der Waals surface area contributed by atoms with Crippen LogP contribution in [-0.2, 0) is 11.3 Å². The van der Waals surface area contributed by atoms with Crippen molar-refractivity contribution in [2.75, 3.05) is 19.4 Å². The minimum absolute atomic E-state index is 0.000613. The van der Waals surface area contributed by atoms with E-state index in [0.717, 1.165) is 5.56 Å². The molecular formula is C22H21BrClFN4O4S. The minimum Gasteiger partial charge on any atom is -0.493 e. The highest BCUT2D eigenvalue weighted by Gasteiger charge is 2.28. The summed E-state index contributed by atoms with van der Waals surface area (Å²) in [4.78, 5) is 20.2. The van der Waals surface area contributed by atoms with E-state index in [0.29, 0.717) is 13.0 Å². The molecule has 2 heterocycles. The molecule has 1 aliphatic heterocycles. The van der Waals surface area contributed by atoms with Crippen LogP contribution in [0.2, 0.25) is 5.02 Å². The fraction of sp³-hybridized carbons (Fsp3) is 0.318. The number of halogens is 3. The van der Waals surface area contributed by atoms with Crippen molar-refractivity contribution in [2.24, 2.45) is 0 Å². The summed E-state index contributed by atoms with van der Waals surface area (Å²) < 4.78 is 25.9. The largest absolute Gasteiger partial charge is 0.493 e. The molecule has 1 saturated heterocycles. The smallest absolute Gasteiger partial charge is 0.407 e. The van der Waals surface area contributed by atoms with Gasteiger partial charge in [-0.3, -0.25) is 0 Å². The van der Waals surface area contributed by atoms with Gasteiger partial charge in [0.15, 0.2) is 16.7 Å². The Hall–Kier alpha value is -2.34. The van der Waals surface area contributed by atoms with E-state index in [1.807, 2.05) is 30.3 Å². The van der Waals surface area contributed by atoms with Gasteiger partial charge >= 0.3 is 6.09 Å². The third-order valence-corrected chi connectivity index (χ3v) is 7.14. The van der Waals surface area contributed by atoms with Crippen LogP contribution in [0.5, 0.6) is 11.6 Å². The molecule has 8 nitrogen and oxygen atoms in total. The van der Waals surface area contributed by atoms with E-state index >= 15 is 0 Å². The molecular weight excluding hydrogens is 551 g/mol. The summed E-state index contributed by atoms with van der Waals surface area (Å²) in [7, 11) is 0. The van der Waals surface area contributed by atoms with Gasteiger partial charge < -0.3 is 25.2 Å². The molecule has 0 radical (unpaired) electrons. The fourth-order valence-electron chi connectivity index (χ4n) is 3.60. The number of aromatic hydroxyl groups is 1. The molecule has 0 unspecified atom stereocenters. The van der Waals surface area contributed by atoms with Gasteiger partial charge in [-0.05, 0) is 34.2 Å². The molecule has 4 rings (SSSR count). The van der Waals surface area contributed by atoms with Gasteiger partial charge in [0.1, 0.15) is 29.1 Å². The van der Waals surface area contributed by atoms with Gasteiger partial charge in [0.25, 0.3) is 0 Å². The number of thioether (sulfide) groups is 1. The van der Waals surface area contributed by atoms with Crippen LogP contribution in [0, 0.1) is 5.82 Å². The van der Waals surface area contributed by atoms with Crippen LogP contribution in [0.1, 0.15) is 12.0 Å². The number of benzene rings is 2. The van der Waals surface area contributed by atoms with Crippen molar-refractivity contribution < 1.29 is 23.8 Å². The first kappa shape index (κ1) is 24.8. The molecule has 1 aromatic heterocycles. The average molecular weight is 572 g/mol. The molecule has 1 aliphatic rings. The van der Waals surface area contributed by atoms with E-state index in [-0.39, 0.29) is 56.6 Å². The third kappa shape index (κ3) is 5.48. The van der Waals surface area contributed by atoms with Crippen LogP contribution in [0.3, 0.4) is 0 Å². The van der Waals surface area contributed by atoms with Gasteiger partial charge in [0.2, 0.25) is 5.88 Å². The number of fused-ring (bicyclic) bond motifs is 1. The van der Waals surface area contributed by atoms with Crippen molar-refractivity contribution in [1.29, 1.82) is 0 Å². The zero-order valence-corrected chi connectivity index (χ0v) is 21.1. The van der Waals surface area contributed by atoms with Gasteiger partial charge in [0, 0.05) is 18.6 Å². The number of alkyl carbamates (subject to hydrolysis) is 1. The summed E-state index contributed by atoms with van der Waals surface area (Å²) in [6.07, 6.45) is 1.80. The number of aromatic nitrogens is 2. The molecule has 0 aliphatic carbocycles. The quantitative estimate of drug-likeness (QED) is 0.214. The second-order valence-electron chi connectivity index (χ2n) is 7.58. The van der Waals surface area contributed by atoms with E-state index in [1.54, 1.807) is 6.26 Å². The first-order valence-corrected chi connectivity index (χ1v) is 12.7. The number of ether oxygens (including phenoxy) is 2. The average Bonchev–Trinajstić information content (AvgIpc) is 3.29. The number of nitrogens with zero attached hydrogens (tertiary/aromatic N) is 2. The Morgan fingerprint density at radius 2 is 2.15 bits per heavy atom. The number of nitrogens with one attached hydrogen (secondary N) is 2. The maximum absolute atomic E-state index is 14.8. The zero-order valence-electron chi connectivity index (χ0n) is 18.0. The number of carbonyl (C=O) groups is 1. The van der Waals surface area contributed by atoms with Crippen LogP contribution in [0.25, 0.3) is 10.9 Å². The molecule has 2 aromatic carbocycles. The van der Waals surface area contributed by atoms with Crippen LogP contribution in [-0.4, -0.2) is 52.7 Å². The number of hydrogen-bond acceptors (Lipinski definition) is 8. The second-order valence-corrected chi connectivity index (χ2v) is 9.53. The molecule has 0 bridgehead atoms. The molecule has 12 heteroatoms. The highest BCUT2D eigenvalue weighted by Crippen LogP contribution is 2.44. The molecule has 180 valence electrons. The predicted octanol–water partition coefficient (Wildman–Crippen LogP) is 4.65. The van der Waals surface area contributed by atoms with E-state index in [1.165, 1.54) is 11.8 Å². The lowest BCUT2D eigenvalue weighted by Gasteiger charge is -2.17. The van der Waals surface area contributed by atoms with Gasteiger partial charge in [0.05, 0.1) is 4.47 Å². The Morgan fingerprint density at radius 1 is 1.38 bits per heavy atom. The Morgan fingerprint density at radius 3 is 2.88 bits per heavy atom. The molecule has 1 fully saturated rings. The molecule has 0 spiro atoms. The fourth-order valence-corrected chi connectivity index (χ4v) is 4.56. The first-order chi connectivity index (χ1) is 16.4.